The Morgan fingerprint density at radius 3 is 1.86 bits per heavy atom. The van der Waals surface area contributed by atoms with Crippen molar-refractivity contribution in [2.45, 2.75) is 121 Å². The Hall–Kier alpha value is -2.00. The Labute approximate surface area is 309 Å². The molecule has 4 aliphatic carbocycles. The van der Waals surface area contributed by atoms with Crippen molar-refractivity contribution in [1.29, 1.82) is 0 Å². The maximum absolute atomic E-state index is 6.36. The molecule has 0 radical (unpaired) electrons. The lowest BCUT2D eigenvalue weighted by Gasteiger charge is -2.45. The van der Waals surface area contributed by atoms with Crippen LogP contribution in [0.4, 0.5) is 0 Å². The molecule has 7 heteroatoms. The van der Waals surface area contributed by atoms with E-state index in [1.165, 1.54) is 12.8 Å². The number of hydrogen-bond acceptors (Lipinski definition) is 7. The molecule has 51 heavy (non-hydrogen) atoms. The van der Waals surface area contributed by atoms with Gasteiger partial charge in [0, 0.05) is 26.4 Å². The summed E-state index contributed by atoms with van der Waals surface area (Å²) in [5.74, 6) is 3.15. The van der Waals surface area contributed by atoms with Gasteiger partial charge in [-0.15, -0.1) is 13.2 Å². The van der Waals surface area contributed by atoms with Crippen LogP contribution >= 0.6 is 0 Å². The molecular formula is C44H68O7. The van der Waals surface area contributed by atoms with E-state index in [-0.39, 0.29) is 0 Å². The summed E-state index contributed by atoms with van der Waals surface area (Å²) in [4.78, 5) is 0. The fourth-order valence-corrected chi connectivity index (χ4v) is 8.56. The second kappa shape index (κ2) is 22.9. The van der Waals surface area contributed by atoms with Crippen LogP contribution in [0.3, 0.4) is 0 Å². The highest BCUT2D eigenvalue weighted by Gasteiger charge is 2.41. The second-order valence-corrected chi connectivity index (χ2v) is 15.1. The van der Waals surface area contributed by atoms with Gasteiger partial charge in [-0.2, -0.15) is 0 Å². The molecule has 0 amide bonds. The molecule has 1 saturated heterocycles. The van der Waals surface area contributed by atoms with Crippen molar-refractivity contribution in [1.82, 2.24) is 0 Å². The van der Waals surface area contributed by atoms with E-state index >= 15 is 0 Å². The molecule has 6 unspecified atom stereocenters. The van der Waals surface area contributed by atoms with Crippen LogP contribution in [-0.2, 0) is 33.2 Å². The van der Waals surface area contributed by atoms with Crippen molar-refractivity contribution < 1.29 is 33.2 Å². The highest BCUT2D eigenvalue weighted by molar-refractivity contribution is 5.28. The molecule has 5 rings (SSSR count). The van der Waals surface area contributed by atoms with Crippen molar-refractivity contribution in [3.05, 3.63) is 72.6 Å². The average molecular weight is 709 g/mol. The van der Waals surface area contributed by atoms with E-state index in [0.717, 1.165) is 129 Å². The number of rotatable bonds is 25. The van der Waals surface area contributed by atoms with Crippen LogP contribution in [0.25, 0.3) is 0 Å². The van der Waals surface area contributed by atoms with Crippen molar-refractivity contribution in [2.24, 2.45) is 23.7 Å². The van der Waals surface area contributed by atoms with Gasteiger partial charge in [0.05, 0.1) is 51.3 Å². The summed E-state index contributed by atoms with van der Waals surface area (Å²) in [5, 5.41) is 0. The van der Waals surface area contributed by atoms with Crippen LogP contribution in [0.5, 0.6) is 0 Å². The Bertz CT molecular complexity index is 1140. The lowest BCUT2D eigenvalue weighted by molar-refractivity contribution is 0.000451. The van der Waals surface area contributed by atoms with Gasteiger partial charge in [0.15, 0.2) is 0 Å². The first-order valence-electron chi connectivity index (χ1n) is 20.4. The van der Waals surface area contributed by atoms with E-state index in [9.17, 15) is 0 Å². The molecule has 6 atom stereocenters. The van der Waals surface area contributed by atoms with E-state index < -0.39 is 0 Å². The minimum absolute atomic E-state index is 0.292. The van der Waals surface area contributed by atoms with E-state index in [1.807, 2.05) is 0 Å². The Morgan fingerprint density at radius 1 is 0.725 bits per heavy atom. The Morgan fingerprint density at radius 2 is 1.35 bits per heavy atom. The molecule has 1 aliphatic heterocycles. The smallest absolute Gasteiger partial charge is 0.115 e. The average Bonchev–Trinajstić information content (AvgIpc) is 4.01. The summed E-state index contributed by atoms with van der Waals surface area (Å²) in [6.45, 7) is 16.2. The van der Waals surface area contributed by atoms with E-state index in [1.54, 1.807) is 23.3 Å². The van der Waals surface area contributed by atoms with Crippen LogP contribution in [0.1, 0.15) is 96.8 Å². The molecule has 0 spiro atoms. The predicted molar refractivity (Wildman–Crippen MR) is 205 cm³/mol. The minimum atomic E-state index is 0.292. The highest BCUT2D eigenvalue weighted by atomic mass is 16.6. The maximum atomic E-state index is 6.36. The van der Waals surface area contributed by atoms with Gasteiger partial charge < -0.3 is 33.2 Å². The molecule has 0 bridgehead atoms. The first kappa shape index (κ1) is 40.2. The monoisotopic (exact) mass is 708 g/mol. The summed E-state index contributed by atoms with van der Waals surface area (Å²) < 4.78 is 41.7. The van der Waals surface area contributed by atoms with Gasteiger partial charge in [-0.1, -0.05) is 48.5 Å². The van der Waals surface area contributed by atoms with E-state index in [0.29, 0.717) is 61.3 Å². The summed E-state index contributed by atoms with van der Waals surface area (Å²) in [6, 6.07) is 0. The number of epoxide rings is 1. The molecule has 1 saturated carbocycles. The molecule has 5 aliphatic rings. The maximum Gasteiger partial charge on any atom is 0.115 e. The summed E-state index contributed by atoms with van der Waals surface area (Å²) >= 11 is 0. The number of ether oxygens (including phenoxy) is 7. The fourth-order valence-electron chi connectivity index (χ4n) is 8.56. The third kappa shape index (κ3) is 13.7. The minimum Gasteiger partial charge on any atom is -0.494 e. The quantitative estimate of drug-likeness (QED) is 0.0532. The lowest BCUT2D eigenvalue weighted by atomic mass is 9.61. The van der Waals surface area contributed by atoms with Crippen LogP contribution in [0.15, 0.2) is 72.6 Å². The van der Waals surface area contributed by atoms with E-state index in [4.69, 9.17) is 33.2 Å². The SMILES string of the molecule is C=CCOCCCOC1CC=C(C(C2C=CC(OCCC)=CC2)C(C2=CCC(OCCCOCC=C)CC2)C2CCC(OCC3CO3)CC2)CC1. The summed E-state index contributed by atoms with van der Waals surface area (Å²) in [6.07, 6.45) is 32.3. The van der Waals surface area contributed by atoms with Crippen molar-refractivity contribution in [2.75, 3.05) is 59.5 Å². The van der Waals surface area contributed by atoms with Gasteiger partial charge >= 0.3 is 0 Å². The van der Waals surface area contributed by atoms with Crippen molar-refractivity contribution in [3.8, 4) is 0 Å². The molecular weight excluding hydrogens is 640 g/mol. The highest BCUT2D eigenvalue weighted by Crippen LogP contribution is 2.50. The molecule has 0 aromatic carbocycles. The Kier molecular flexibility index (Phi) is 18.1. The van der Waals surface area contributed by atoms with Crippen LogP contribution in [0, 0.1) is 23.7 Å². The van der Waals surface area contributed by atoms with Gasteiger partial charge in [0.25, 0.3) is 0 Å². The Balaban J connectivity index is 1.30. The van der Waals surface area contributed by atoms with Crippen LogP contribution in [0.2, 0.25) is 0 Å². The third-order valence-corrected chi connectivity index (χ3v) is 11.3. The zero-order valence-electron chi connectivity index (χ0n) is 31.7. The molecule has 7 nitrogen and oxygen atoms in total. The number of hydrogen-bond donors (Lipinski definition) is 0. The summed E-state index contributed by atoms with van der Waals surface area (Å²) in [5.41, 5.74) is 3.33. The predicted octanol–water partition coefficient (Wildman–Crippen LogP) is 9.26. The fraction of sp³-hybridized carbons (Fsp3) is 0.727. The molecule has 0 N–H and O–H groups in total. The molecule has 286 valence electrons. The van der Waals surface area contributed by atoms with Crippen molar-refractivity contribution in [3.63, 3.8) is 0 Å². The first-order valence-corrected chi connectivity index (χ1v) is 20.4. The molecule has 0 aromatic heterocycles. The van der Waals surface area contributed by atoms with Gasteiger partial charge in [-0.3, -0.25) is 0 Å². The molecule has 2 fully saturated rings. The normalized spacial score (nSPS) is 29.0. The largest absolute Gasteiger partial charge is 0.494 e. The molecule has 0 aromatic rings. The molecule has 1 heterocycles. The van der Waals surface area contributed by atoms with Crippen LogP contribution < -0.4 is 0 Å². The number of allylic oxidation sites excluding steroid dienone is 5. The van der Waals surface area contributed by atoms with Gasteiger partial charge in [0.1, 0.15) is 11.9 Å². The summed E-state index contributed by atoms with van der Waals surface area (Å²) in [7, 11) is 0. The lowest BCUT2D eigenvalue weighted by Crippen LogP contribution is -2.37. The topological polar surface area (TPSA) is 67.9 Å². The zero-order chi connectivity index (χ0) is 35.5. The standard InChI is InChI=1S/C44H68O7/c1-4-25-45-28-7-30-48-39-19-11-35(12-20-39)43(34-9-17-38(18-10-34)47-27-6-3)44(37-15-23-41(24-16-37)50-32-42-33-51-42)36-13-21-40(22-14-36)49-31-8-29-46-26-5-2/h4-5,9,11,13,17-18,34,37,39-44H,1-2,6-8,10,12,14-16,19-33H2,3H3. The first-order chi connectivity index (χ1) is 25.2. The van der Waals surface area contributed by atoms with Crippen molar-refractivity contribution >= 4 is 0 Å². The third-order valence-electron chi connectivity index (χ3n) is 11.3. The zero-order valence-corrected chi connectivity index (χ0v) is 31.7. The van der Waals surface area contributed by atoms with Gasteiger partial charge in [-0.25, -0.2) is 0 Å². The second-order valence-electron chi connectivity index (χ2n) is 15.1. The van der Waals surface area contributed by atoms with E-state index in [2.05, 4.69) is 50.5 Å². The van der Waals surface area contributed by atoms with Gasteiger partial charge in [-0.05, 0) is 126 Å². The van der Waals surface area contributed by atoms with Crippen LogP contribution in [-0.4, -0.2) is 83.9 Å². The van der Waals surface area contributed by atoms with Gasteiger partial charge in [0.2, 0.25) is 0 Å².